The van der Waals surface area contributed by atoms with Gasteiger partial charge in [0.05, 0.1) is 12.2 Å². The summed E-state index contributed by atoms with van der Waals surface area (Å²) in [6, 6.07) is 0. The van der Waals surface area contributed by atoms with Gasteiger partial charge in [0.1, 0.15) is 0 Å². The van der Waals surface area contributed by atoms with E-state index in [1.165, 1.54) is 12.8 Å². The molecule has 2 atom stereocenters. The monoisotopic (exact) mass is 216 g/mol. The molecule has 4 heteroatoms. The summed E-state index contributed by atoms with van der Waals surface area (Å²) >= 11 is 0. The second-order valence-electron chi connectivity index (χ2n) is 4.07. The smallest absolute Gasteiger partial charge is 0.0820 e. The van der Waals surface area contributed by atoms with Crippen molar-refractivity contribution in [3.63, 3.8) is 0 Å². The quantitative estimate of drug-likeness (QED) is 0.701. The molecule has 1 rings (SSSR count). The zero-order valence-electron chi connectivity index (χ0n) is 9.95. The lowest BCUT2D eigenvalue weighted by Crippen LogP contribution is -2.45. The number of nitrogens with zero attached hydrogens (tertiary/aromatic N) is 1. The van der Waals surface area contributed by atoms with Crippen LogP contribution in [-0.2, 0) is 9.47 Å². The van der Waals surface area contributed by atoms with Crippen LogP contribution in [0.15, 0.2) is 0 Å². The van der Waals surface area contributed by atoms with Gasteiger partial charge in [-0.1, -0.05) is 0 Å². The normalized spacial score (nSPS) is 25.4. The topological polar surface area (TPSA) is 47.7 Å². The Morgan fingerprint density at radius 3 is 2.93 bits per heavy atom. The molecule has 15 heavy (non-hydrogen) atoms. The van der Waals surface area contributed by atoms with Crippen molar-refractivity contribution in [1.29, 1.82) is 0 Å². The molecular formula is C11H24N2O2. The second-order valence-corrected chi connectivity index (χ2v) is 4.07. The molecule has 1 heterocycles. The summed E-state index contributed by atoms with van der Waals surface area (Å²) in [5.41, 5.74) is 5.61. The van der Waals surface area contributed by atoms with E-state index in [0.717, 1.165) is 26.2 Å². The van der Waals surface area contributed by atoms with Gasteiger partial charge in [-0.15, -0.1) is 0 Å². The third kappa shape index (κ3) is 4.47. The van der Waals surface area contributed by atoms with Crippen molar-refractivity contribution in [2.24, 2.45) is 5.73 Å². The van der Waals surface area contributed by atoms with E-state index in [1.807, 2.05) is 0 Å². The standard InChI is InChI=1S/C11H24N2O2/c1-3-15-10-5-4-6-13(8-10)9-11(7-12)14-2/h10-11H,3-9,12H2,1-2H3. The Morgan fingerprint density at radius 1 is 1.53 bits per heavy atom. The van der Waals surface area contributed by atoms with Crippen molar-refractivity contribution < 1.29 is 9.47 Å². The molecule has 1 fully saturated rings. The van der Waals surface area contributed by atoms with Crippen molar-refractivity contribution in [3.05, 3.63) is 0 Å². The van der Waals surface area contributed by atoms with Gasteiger partial charge in [-0.2, -0.15) is 0 Å². The van der Waals surface area contributed by atoms with Crippen LogP contribution in [0, 0.1) is 0 Å². The van der Waals surface area contributed by atoms with Crippen LogP contribution in [0.5, 0.6) is 0 Å². The third-order valence-corrected chi connectivity index (χ3v) is 2.92. The highest BCUT2D eigenvalue weighted by Gasteiger charge is 2.21. The molecule has 0 radical (unpaired) electrons. The van der Waals surface area contributed by atoms with Crippen molar-refractivity contribution >= 4 is 0 Å². The Morgan fingerprint density at radius 2 is 2.33 bits per heavy atom. The SMILES string of the molecule is CCOC1CCCN(CC(CN)OC)C1. The summed E-state index contributed by atoms with van der Waals surface area (Å²) in [7, 11) is 1.72. The zero-order chi connectivity index (χ0) is 11.1. The fourth-order valence-electron chi connectivity index (χ4n) is 2.08. The Kier molecular flexibility index (Phi) is 6.17. The second kappa shape index (κ2) is 7.17. The molecule has 0 aromatic rings. The summed E-state index contributed by atoms with van der Waals surface area (Å²) in [6.07, 6.45) is 2.96. The first-order valence-corrected chi connectivity index (χ1v) is 5.87. The largest absolute Gasteiger partial charge is 0.379 e. The van der Waals surface area contributed by atoms with E-state index in [9.17, 15) is 0 Å². The summed E-state index contributed by atoms with van der Waals surface area (Å²) in [4.78, 5) is 2.39. The number of likely N-dealkylation sites (tertiary alicyclic amines) is 1. The fraction of sp³-hybridized carbons (Fsp3) is 1.00. The summed E-state index contributed by atoms with van der Waals surface area (Å²) < 4.78 is 10.9. The number of piperidine rings is 1. The van der Waals surface area contributed by atoms with Gasteiger partial charge in [-0.3, -0.25) is 4.90 Å². The maximum absolute atomic E-state index is 5.65. The molecule has 0 aromatic heterocycles. The minimum absolute atomic E-state index is 0.158. The van der Waals surface area contributed by atoms with Crippen molar-refractivity contribution in [3.8, 4) is 0 Å². The number of nitrogens with two attached hydrogens (primary N) is 1. The molecule has 0 bridgehead atoms. The predicted octanol–water partition coefficient (Wildman–Crippen LogP) is 0.461. The highest BCUT2D eigenvalue weighted by molar-refractivity contribution is 4.76. The number of rotatable bonds is 6. The van der Waals surface area contributed by atoms with E-state index in [4.69, 9.17) is 15.2 Å². The van der Waals surface area contributed by atoms with E-state index >= 15 is 0 Å². The van der Waals surface area contributed by atoms with E-state index in [-0.39, 0.29) is 6.10 Å². The van der Waals surface area contributed by atoms with Gasteiger partial charge in [0.2, 0.25) is 0 Å². The van der Waals surface area contributed by atoms with E-state index in [0.29, 0.717) is 12.6 Å². The van der Waals surface area contributed by atoms with Crippen LogP contribution in [0.3, 0.4) is 0 Å². The van der Waals surface area contributed by atoms with Crippen LogP contribution in [0.2, 0.25) is 0 Å². The number of hydrogen-bond acceptors (Lipinski definition) is 4. The van der Waals surface area contributed by atoms with Gasteiger partial charge in [-0.25, -0.2) is 0 Å². The lowest BCUT2D eigenvalue weighted by Gasteiger charge is -2.34. The molecule has 2 unspecified atom stereocenters. The molecule has 1 aliphatic heterocycles. The predicted molar refractivity (Wildman–Crippen MR) is 60.9 cm³/mol. The molecule has 0 amide bonds. The molecule has 2 N–H and O–H groups in total. The first kappa shape index (κ1) is 12.9. The lowest BCUT2D eigenvalue weighted by atomic mass is 10.1. The first-order valence-electron chi connectivity index (χ1n) is 5.87. The molecule has 0 aromatic carbocycles. The fourth-order valence-corrected chi connectivity index (χ4v) is 2.08. The van der Waals surface area contributed by atoms with Crippen LogP contribution in [0.1, 0.15) is 19.8 Å². The molecule has 1 saturated heterocycles. The average Bonchev–Trinajstić information content (AvgIpc) is 2.27. The Balaban J connectivity index is 2.28. The number of methoxy groups -OCH3 is 1. The maximum atomic E-state index is 5.65. The van der Waals surface area contributed by atoms with Gasteiger partial charge < -0.3 is 15.2 Å². The van der Waals surface area contributed by atoms with Crippen molar-refractivity contribution in [1.82, 2.24) is 4.90 Å². The minimum atomic E-state index is 0.158. The maximum Gasteiger partial charge on any atom is 0.0820 e. The molecule has 4 nitrogen and oxygen atoms in total. The van der Waals surface area contributed by atoms with E-state index < -0.39 is 0 Å². The Bertz CT molecular complexity index is 161. The molecular weight excluding hydrogens is 192 g/mol. The Hall–Kier alpha value is -0.160. The first-order chi connectivity index (χ1) is 7.30. The number of hydrogen-bond donors (Lipinski definition) is 1. The summed E-state index contributed by atoms with van der Waals surface area (Å²) in [5, 5.41) is 0. The molecule has 0 aliphatic carbocycles. The van der Waals surface area contributed by atoms with Crippen LogP contribution < -0.4 is 5.73 Å². The highest BCUT2D eigenvalue weighted by Crippen LogP contribution is 2.13. The van der Waals surface area contributed by atoms with Crippen LogP contribution >= 0.6 is 0 Å². The molecule has 1 aliphatic rings. The summed E-state index contributed by atoms with van der Waals surface area (Å²) in [5.74, 6) is 0. The highest BCUT2D eigenvalue weighted by atomic mass is 16.5. The van der Waals surface area contributed by atoms with Crippen molar-refractivity contribution in [2.75, 3.05) is 39.9 Å². The molecule has 90 valence electrons. The summed E-state index contributed by atoms with van der Waals surface area (Å²) in [6.45, 7) is 6.54. The minimum Gasteiger partial charge on any atom is -0.379 e. The van der Waals surface area contributed by atoms with Crippen LogP contribution in [0.25, 0.3) is 0 Å². The Labute approximate surface area is 92.7 Å². The third-order valence-electron chi connectivity index (χ3n) is 2.92. The lowest BCUT2D eigenvalue weighted by molar-refractivity contribution is -0.0118. The van der Waals surface area contributed by atoms with Gasteiger partial charge in [0, 0.05) is 33.4 Å². The number of ether oxygens (including phenoxy) is 2. The molecule has 0 saturated carbocycles. The van der Waals surface area contributed by atoms with Gasteiger partial charge in [0.25, 0.3) is 0 Å². The van der Waals surface area contributed by atoms with E-state index in [2.05, 4.69) is 11.8 Å². The van der Waals surface area contributed by atoms with Crippen molar-refractivity contribution in [2.45, 2.75) is 32.0 Å². The van der Waals surface area contributed by atoms with Crippen LogP contribution in [-0.4, -0.2) is 57.0 Å². The van der Waals surface area contributed by atoms with Gasteiger partial charge in [0.15, 0.2) is 0 Å². The van der Waals surface area contributed by atoms with Gasteiger partial charge in [-0.05, 0) is 26.3 Å². The molecule has 0 spiro atoms. The average molecular weight is 216 g/mol. The van der Waals surface area contributed by atoms with E-state index in [1.54, 1.807) is 7.11 Å². The zero-order valence-corrected chi connectivity index (χ0v) is 9.95. The van der Waals surface area contributed by atoms with Crippen LogP contribution in [0.4, 0.5) is 0 Å². The van der Waals surface area contributed by atoms with Gasteiger partial charge >= 0.3 is 0 Å².